The second kappa shape index (κ2) is 6.92. The smallest absolute Gasteiger partial charge is 0.240 e. The molecule has 6 nitrogen and oxygen atoms in total. The van der Waals surface area contributed by atoms with Crippen molar-refractivity contribution in [1.82, 2.24) is 9.97 Å². The number of aromatic nitrogens is 2. The number of hydrogen-bond donors (Lipinski definition) is 2. The van der Waals surface area contributed by atoms with Gasteiger partial charge in [0, 0.05) is 5.69 Å². The number of nitrogens with one attached hydrogen (secondary N) is 2. The third-order valence-corrected chi connectivity index (χ3v) is 5.52. The van der Waals surface area contributed by atoms with Crippen LogP contribution in [0.25, 0.3) is 11.0 Å². The summed E-state index contributed by atoms with van der Waals surface area (Å²) in [4.78, 5) is 19.0. The van der Waals surface area contributed by atoms with Gasteiger partial charge in [-0.2, -0.15) is 0 Å². The maximum Gasteiger partial charge on any atom is 0.240 e. The van der Waals surface area contributed by atoms with Crippen LogP contribution in [-0.2, 0) is 14.6 Å². The van der Waals surface area contributed by atoms with Crippen LogP contribution in [0.15, 0.2) is 47.6 Å². The van der Waals surface area contributed by atoms with Gasteiger partial charge in [-0.05, 0) is 48.2 Å². The molecule has 0 radical (unpaired) electrons. The normalized spacial score (nSPS) is 11.8. The van der Waals surface area contributed by atoms with Crippen molar-refractivity contribution in [3.8, 4) is 0 Å². The van der Waals surface area contributed by atoms with Crippen LogP contribution in [0.1, 0.15) is 30.9 Å². The van der Waals surface area contributed by atoms with E-state index in [0.717, 1.165) is 11.1 Å². The van der Waals surface area contributed by atoms with Gasteiger partial charge in [-0.3, -0.25) is 4.79 Å². The van der Waals surface area contributed by atoms with Crippen molar-refractivity contribution in [3.05, 3.63) is 53.6 Å². The van der Waals surface area contributed by atoms with Gasteiger partial charge in [-0.15, -0.1) is 0 Å². The summed E-state index contributed by atoms with van der Waals surface area (Å²) in [5.74, 6) is -0.881. The van der Waals surface area contributed by atoms with Gasteiger partial charge in [0.15, 0.2) is 0 Å². The number of carbonyl (C=O) groups excluding carboxylic acids is 1. The number of aromatic amines is 1. The first-order valence-electron chi connectivity index (χ1n) is 8.33. The minimum absolute atomic E-state index is 0.191. The lowest BCUT2D eigenvalue weighted by Gasteiger charge is -2.08. The first-order chi connectivity index (χ1) is 12.2. The molecule has 2 N–H and O–H groups in total. The Kier molecular flexibility index (Phi) is 4.82. The zero-order valence-corrected chi connectivity index (χ0v) is 15.7. The first kappa shape index (κ1) is 18.1. The monoisotopic (exact) mass is 371 g/mol. The van der Waals surface area contributed by atoms with Gasteiger partial charge >= 0.3 is 0 Å². The van der Waals surface area contributed by atoms with Crippen LogP contribution in [0.2, 0.25) is 0 Å². The maximum atomic E-state index is 12.5. The number of amides is 1. The van der Waals surface area contributed by atoms with E-state index in [1.807, 2.05) is 31.2 Å². The summed E-state index contributed by atoms with van der Waals surface area (Å²) in [7, 11) is -3.85. The topological polar surface area (TPSA) is 91.9 Å². The van der Waals surface area contributed by atoms with E-state index < -0.39 is 21.5 Å². The molecule has 3 rings (SSSR count). The number of sulfone groups is 1. The van der Waals surface area contributed by atoms with Crippen LogP contribution in [-0.4, -0.2) is 30.0 Å². The molecule has 7 heteroatoms. The van der Waals surface area contributed by atoms with Crippen LogP contribution in [0.3, 0.4) is 0 Å². The van der Waals surface area contributed by atoms with Gasteiger partial charge in [0.05, 0.1) is 11.0 Å². The summed E-state index contributed by atoms with van der Waals surface area (Å²) in [5.41, 5.74) is 3.89. The number of rotatable bonds is 5. The molecule has 0 saturated carbocycles. The summed E-state index contributed by atoms with van der Waals surface area (Å²) in [6.45, 7) is 6.07. The number of anilines is 1. The molecule has 1 aromatic heterocycles. The van der Waals surface area contributed by atoms with Gasteiger partial charge in [0.2, 0.25) is 20.9 Å². The summed E-state index contributed by atoms with van der Waals surface area (Å²) in [6, 6.07) is 12.8. The van der Waals surface area contributed by atoms with Crippen LogP contribution >= 0.6 is 0 Å². The average Bonchev–Trinajstić information content (AvgIpc) is 2.98. The number of fused-ring (bicyclic) bond motifs is 1. The zero-order valence-electron chi connectivity index (χ0n) is 14.9. The van der Waals surface area contributed by atoms with Crippen LogP contribution < -0.4 is 5.32 Å². The third-order valence-electron chi connectivity index (χ3n) is 4.09. The number of benzene rings is 2. The Balaban J connectivity index is 1.74. The number of H-pyrrole nitrogens is 1. The number of hydrogen-bond acceptors (Lipinski definition) is 4. The highest BCUT2D eigenvalue weighted by Gasteiger charge is 2.23. The van der Waals surface area contributed by atoms with E-state index in [1.54, 1.807) is 18.2 Å². The van der Waals surface area contributed by atoms with Crippen molar-refractivity contribution in [3.63, 3.8) is 0 Å². The second-order valence-electron chi connectivity index (χ2n) is 6.65. The average molecular weight is 371 g/mol. The van der Waals surface area contributed by atoms with Gasteiger partial charge in [-0.1, -0.05) is 32.0 Å². The molecule has 0 atom stereocenters. The zero-order chi connectivity index (χ0) is 18.9. The predicted molar refractivity (Wildman–Crippen MR) is 102 cm³/mol. The van der Waals surface area contributed by atoms with Gasteiger partial charge in [0.1, 0.15) is 5.75 Å². The van der Waals surface area contributed by atoms with E-state index in [1.165, 1.54) is 0 Å². The Morgan fingerprint density at radius 1 is 1.15 bits per heavy atom. The number of imidazole rings is 1. The van der Waals surface area contributed by atoms with Crippen LogP contribution in [0.5, 0.6) is 0 Å². The summed E-state index contributed by atoms with van der Waals surface area (Å²) in [6.07, 6.45) is 0. The van der Waals surface area contributed by atoms with Gasteiger partial charge < -0.3 is 10.3 Å². The van der Waals surface area contributed by atoms with Crippen molar-refractivity contribution >= 4 is 32.5 Å². The highest BCUT2D eigenvalue weighted by atomic mass is 32.2. The molecule has 0 saturated heterocycles. The molecule has 0 aliphatic carbocycles. The molecule has 136 valence electrons. The lowest BCUT2D eigenvalue weighted by Crippen LogP contribution is -2.23. The van der Waals surface area contributed by atoms with E-state index in [9.17, 15) is 13.2 Å². The van der Waals surface area contributed by atoms with Crippen molar-refractivity contribution < 1.29 is 13.2 Å². The molecule has 2 aromatic carbocycles. The standard InChI is InChI=1S/C19H21N3O3S/c1-12(2)14-5-7-15(8-6-14)20-18(23)11-26(24,25)19-21-16-9-4-13(3)10-17(16)22-19/h4-10,12H,11H2,1-3H3,(H,20,23)(H,21,22). The SMILES string of the molecule is Cc1ccc2nc(S(=O)(=O)CC(=O)Nc3ccc(C(C)C)cc3)[nH]c2c1. The number of aryl methyl sites for hydroxylation is 1. The van der Waals surface area contributed by atoms with Crippen molar-refractivity contribution in [2.45, 2.75) is 31.8 Å². The number of nitrogens with zero attached hydrogens (tertiary/aromatic N) is 1. The molecule has 1 amide bonds. The molecule has 0 aliphatic rings. The molecular weight excluding hydrogens is 350 g/mol. The molecule has 0 bridgehead atoms. The largest absolute Gasteiger partial charge is 0.329 e. The lowest BCUT2D eigenvalue weighted by atomic mass is 10.0. The molecule has 26 heavy (non-hydrogen) atoms. The fraction of sp³-hybridized carbons (Fsp3) is 0.263. The Bertz CT molecular complexity index is 1050. The highest BCUT2D eigenvalue weighted by molar-refractivity contribution is 7.92. The predicted octanol–water partition coefficient (Wildman–Crippen LogP) is 3.41. The summed E-state index contributed by atoms with van der Waals surface area (Å²) >= 11 is 0. The van der Waals surface area contributed by atoms with Gasteiger partial charge in [-0.25, -0.2) is 13.4 Å². The number of carbonyl (C=O) groups is 1. The molecule has 0 spiro atoms. The van der Waals surface area contributed by atoms with Gasteiger partial charge in [0.25, 0.3) is 0 Å². The first-order valence-corrected chi connectivity index (χ1v) is 9.99. The van der Waals surface area contributed by atoms with Crippen molar-refractivity contribution in [2.24, 2.45) is 0 Å². The Hall–Kier alpha value is -2.67. The van der Waals surface area contributed by atoms with Crippen molar-refractivity contribution in [2.75, 3.05) is 11.1 Å². The van der Waals surface area contributed by atoms with Crippen molar-refractivity contribution in [1.29, 1.82) is 0 Å². The summed E-state index contributed by atoms with van der Waals surface area (Å²) in [5, 5.41) is 2.43. The van der Waals surface area contributed by atoms with E-state index in [-0.39, 0.29) is 5.16 Å². The minimum atomic E-state index is -3.85. The Morgan fingerprint density at radius 2 is 1.85 bits per heavy atom. The second-order valence-corrected chi connectivity index (χ2v) is 8.55. The molecule has 1 heterocycles. The molecular formula is C19H21N3O3S. The quantitative estimate of drug-likeness (QED) is 0.719. The minimum Gasteiger partial charge on any atom is -0.329 e. The highest BCUT2D eigenvalue weighted by Crippen LogP contribution is 2.19. The Labute approximate surface area is 152 Å². The molecule has 3 aromatic rings. The van der Waals surface area contributed by atoms with E-state index >= 15 is 0 Å². The summed E-state index contributed by atoms with van der Waals surface area (Å²) < 4.78 is 25.0. The molecule has 0 unspecified atom stereocenters. The fourth-order valence-electron chi connectivity index (χ4n) is 2.64. The molecule has 0 fully saturated rings. The lowest BCUT2D eigenvalue weighted by molar-refractivity contribution is -0.113. The molecule has 0 aliphatic heterocycles. The third kappa shape index (κ3) is 3.94. The van der Waals surface area contributed by atoms with E-state index in [4.69, 9.17) is 0 Å². The maximum absolute atomic E-state index is 12.5. The van der Waals surface area contributed by atoms with Crippen LogP contribution in [0.4, 0.5) is 5.69 Å². The van der Waals surface area contributed by atoms with E-state index in [0.29, 0.717) is 22.6 Å². The van der Waals surface area contributed by atoms with E-state index in [2.05, 4.69) is 29.1 Å². The Morgan fingerprint density at radius 3 is 2.50 bits per heavy atom. The fourth-order valence-corrected chi connectivity index (χ4v) is 3.69. The van der Waals surface area contributed by atoms with Crippen LogP contribution in [0, 0.1) is 6.92 Å².